The molecule has 1 aromatic heterocycles. The number of nitrogens with one attached hydrogen (secondary N) is 1. The lowest BCUT2D eigenvalue weighted by Gasteiger charge is -2.28. The van der Waals surface area contributed by atoms with Crippen LogP contribution in [0.5, 0.6) is 11.5 Å². The average molecular weight is 529 g/mol. The summed E-state index contributed by atoms with van der Waals surface area (Å²) in [5.74, 6) is -4.93. The predicted octanol–water partition coefficient (Wildman–Crippen LogP) is 3.56. The normalized spacial score (nSPS) is 13.8. The second-order valence-electron chi connectivity index (χ2n) is 8.02. The molecule has 3 rings (SSSR count). The monoisotopic (exact) mass is 528 g/mol. The van der Waals surface area contributed by atoms with Gasteiger partial charge in [0, 0.05) is 36.7 Å². The third-order valence-electron chi connectivity index (χ3n) is 5.41. The van der Waals surface area contributed by atoms with Crippen LogP contribution in [0.3, 0.4) is 0 Å². The lowest BCUT2D eigenvalue weighted by Crippen LogP contribution is -2.44. The first kappa shape index (κ1) is 27.1. The number of rotatable bonds is 10. The summed E-state index contributed by atoms with van der Waals surface area (Å²) < 4.78 is 48.8. The van der Waals surface area contributed by atoms with Crippen LogP contribution >= 0.6 is 11.6 Å². The molecular weight excluding hydrogens is 505 g/mol. The van der Waals surface area contributed by atoms with Gasteiger partial charge < -0.3 is 25.4 Å². The Morgan fingerprint density at radius 2 is 1.83 bits per heavy atom. The Morgan fingerprint density at radius 1 is 1.17 bits per heavy atom. The Kier molecular flexibility index (Phi) is 8.97. The molecule has 9 nitrogen and oxygen atoms in total. The molecule has 1 aliphatic rings. The molecule has 0 bridgehead atoms. The fourth-order valence-corrected chi connectivity index (χ4v) is 4.05. The lowest BCUT2D eigenvalue weighted by molar-refractivity contribution is -0.189. The van der Waals surface area contributed by atoms with Crippen LogP contribution in [-0.4, -0.2) is 59.6 Å². The highest BCUT2D eigenvalue weighted by Crippen LogP contribution is 2.37. The number of alkyl halides is 3. The number of amides is 2. The number of nitrogens with zero attached hydrogens (tertiary/aromatic N) is 2. The molecule has 0 spiro atoms. The highest BCUT2D eigenvalue weighted by atomic mass is 35.5. The maximum absolute atomic E-state index is 13.5. The minimum Gasteiger partial charge on any atom is -0.492 e. The molecule has 0 aliphatic heterocycles. The number of aromatic nitrogens is 1. The van der Waals surface area contributed by atoms with E-state index in [1.165, 1.54) is 4.90 Å². The van der Waals surface area contributed by atoms with E-state index >= 15 is 0 Å². The highest BCUT2D eigenvalue weighted by molar-refractivity contribution is 6.33. The fourth-order valence-electron chi connectivity index (χ4n) is 3.80. The molecule has 2 aromatic rings. The lowest BCUT2D eigenvalue weighted by atomic mass is 10.1. The minimum absolute atomic E-state index is 0.0529. The highest BCUT2D eigenvalue weighted by Gasteiger charge is 2.43. The predicted molar refractivity (Wildman–Crippen MR) is 124 cm³/mol. The number of anilines is 1. The minimum atomic E-state index is -5.32. The summed E-state index contributed by atoms with van der Waals surface area (Å²) in [6, 6.07) is 5.39. The van der Waals surface area contributed by atoms with Crippen molar-refractivity contribution in [3.8, 4) is 11.5 Å². The molecule has 1 aromatic carbocycles. The van der Waals surface area contributed by atoms with E-state index in [2.05, 4.69) is 15.0 Å². The van der Waals surface area contributed by atoms with Gasteiger partial charge in [0.1, 0.15) is 12.4 Å². The SMILES string of the molecule is NC(=O)CN(C(=O)c1cc(OCCNc2ccncc2)cc(Cl)c1OC(=O)C(F)(F)F)C1CCCC1. The summed E-state index contributed by atoms with van der Waals surface area (Å²) in [5.41, 5.74) is 5.65. The van der Waals surface area contributed by atoms with Gasteiger partial charge in [-0.05, 0) is 31.0 Å². The Hall–Kier alpha value is -3.54. The van der Waals surface area contributed by atoms with Gasteiger partial charge in [-0.1, -0.05) is 24.4 Å². The van der Waals surface area contributed by atoms with Crippen molar-refractivity contribution in [3.05, 3.63) is 47.2 Å². The van der Waals surface area contributed by atoms with Crippen molar-refractivity contribution in [2.24, 2.45) is 5.73 Å². The Morgan fingerprint density at radius 3 is 2.44 bits per heavy atom. The van der Waals surface area contributed by atoms with Crippen LogP contribution in [0, 0.1) is 0 Å². The molecule has 194 valence electrons. The van der Waals surface area contributed by atoms with Crippen LogP contribution in [-0.2, 0) is 9.59 Å². The number of hydrogen-bond acceptors (Lipinski definition) is 7. The Balaban J connectivity index is 1.88. The van der Waals surface area contributed by atoms with E-state index in [1.807, 2.05) is 0 Å². The maximum Gasteiger partial charge on any atom is 0.491 e. The zero-order valence-electron chi connectivity index (χ0n) is 19.0. The standard InChI is InChI=1S/C23H24ClF3N4O5/c24-18-12-16(35-10-9-30-14-5-7-29-8-6-14)11-17(20(18)36-22(34)23(25,26)27)21(33)31(13-19(28)32)15-3-1-2-4-15/h5-8,11-12,15H,1-4,9-10,13H2,(H2,28,32)(H,29,30). The van der Waals surface area contributed by atoms with E-state index in [4.69, 9.17) is 22.1 Å². The van der Waals surface area contributed by atoms with E-state index in [0.717, 1.165) is 30.7 Å². The number of nitrogens with two attached hydrogens (primary N) is 1. The average Bonchev–Trinajstić information content (AvgIpc) is 3.36. The van der Waals surface area contributed by atoms with Gasteiger partial charge in [0.05, 0.1) is 17.1 Å². The molecule has 36 heavy (non-hydrogen) atoms. The molecule has 1 saturated carbocycles. The third kappa shape index (κ3) is 7.23. The number of carbonyl (C=O) groups is 3. The molecule has 1 aliphatic carbocycles. The van der Waals surface area contributed by atoms with Crippen molar-refractivity contribution in [3.63, 3.8) is 0 Å². The molecule has 2 amide bonds. The van der Waals surface area contributed by atoms with E-state index in [0.29, 0.717) is 19.4 Å². The van der Waals surface area contributed by atoms with E-state index < -0.39 is 46.8 Å². The first-order valence-electron chi connectivity index (χ1n) is 11.0. The van der Waals surface area contributed by atoms with Crippen LogP contribution in [0.4, 0.5) is 18.9 Å². The number of pyridine rings is 1. The van der Waals surface area contributed by atoms with Crippen LogP contribution in [0.15, 0.2) is 36.7 Å². The summed E-state index contributed by atoms with van der Waals surface area (Å²) in [5, 5.41) is 2.64. The number of primary amides is 1. The molecule has 1 heterocycles. The molecule has 0 atom stereocenters. The van der Waals surface area contributed by atoms with Gasteiger partial charge in [0.2, 0.25) is 5.91 Å². The van der Waals surface area contributed by atoms with Gasteiger partial charge in [-0.2, -0.15) is 13.2 Å². The van der Waals surface area contributed by atoms with Gasteiger partial charge in [-0.15, -0.1) is 0 Å². The largest absolute Gasteiger partial charge is 0.492 e. The summed E-state index contributed by atoms with van der Waals surface area (Å²) >= 11 is 6.14. The Labute approximate surface area is 209 Å². The summed E-state index contributed by atoms with van der Waals surface area (Å²) in [4.78, 5) is 41.7. The van der Waals surface area contributed by atoms with Crippen molar-refractivity contribution in [2.75, 3.05) is 25.0 Å². The van der Waals surface area contributed by atoms with Gasteiger partial charge >= 0.3 is 12.1 Å². The quantitative estimate of drug-likeness (QED) is 0.274. The van der Waals surface area contributed by atoms with Gasteiger partial charge in [0.15, 0.2) is 5.75 Å². The number of esters is 1. The number of carbonyl (C=O) groups excluding carboxylic acids is 3. The van der Waals surface area contributed by atoms with Crippen LogP contribution in [0.2, 0.25) is 5.02 Å². The van der Waals surface area contributed by atoms with Crippen molar-refractivity contribution in [1.82, 2.24) is 9.88 Å². The van der Waals surface area contributed by atoms with Crippen LogP contribution < -0.4 is 20.5 Å². The third-order valence-corrected chi connectivity index (χ3v) is 5.69. The first-order valence-corrected chi connectivity index (χ1v) is 11.4. The smallest absolute Gasteiger partial charge is 0.491 e. The molecule has 0 unspecified atom stereocenters. The molecule has 3 N–H and O–H groups in total. The Bertz CT molecular complexity index is 1100. The number of ether oxygens (including phenoxy) is 2. The van der Waals surface area contributed by atoms with Crippen molar-refractivity contribution >= 4 is 35.1 Å². The summed E-state index contributed by atoms with van der Waals surface area (Å²) in [6.07, 6.45) is 0.654. The number of halogens is 4. The zero-order chi connectivity index (χ0) is 26.3. The maximum atomic E-state index is 13.5. The van der Waals surface area contributed by atoms with Crippen molar-refractivity contribution in [1.29, 1.82) is 0 Å². The second kappa shape index (κ2) is 11.9. The van der Waals surface area contributed by atoms with Crippen LogP contribution in [0.25, 0.3) is 0 Å². The fraction of sp³-hybridized carbons (Fsp3) is 0.391. The van der Waals surface area contributed by atoms with Crippen molar-refractivity contribution < 1.29 is 37.0 Å². The number of benzene rings is 1. The summed E-state index contributed by atoms with van der Waals surface area (Å²) in [6.45, 7) is -0.0259. The molecule has 13 heteroatoms. The number of hydrogen-bond donors (Lipinski definition) is 2. The first-order chi connectivity index (χ1) is 17.1. The van der Waals surface area contributed by atoms with Gasteiger partial charge in [-0.25, -0.2) is 4.79 Å². The topological polar surface area (TPSA) is 124 Å². The van der Waals surface area contributed by atoms with Gasteiger partial charge in [-0.3, -0.25) is 14.6 Å². The van der Waals surface area contributed by atoms with Crippen molar-refractivity contribution in [2.45, 2.75) is 37.9 Å². The second-order valence-corrected chi connectivity index (χ2v) is 8.43. The molecular formula is C23H24ClF3N4O5. The molecule has 0 radical (unpaired) electrons. The zero-order valence-corrected chi connectivity index (χ0v) is 19.8. The molecule has 0 saturated heterocycles. The van der Waals surface area contributed by atoms with E-state index in [1.54, 1.807) is 24.5 Å². The van der Waals surface area contributed by atoms with Gasteiger partial charge in [0.25, 0.3) is 5.91 Å². The summed E-state index contributed by atoms with van der Waals surface area (Å²) in [7, 11) is 0. The van der Waals surface area contributed by atoms with E-state index in [9.17, 15) is 27.6 Å². The van der Waals surface area contributed by atoms with E-state index in [-0.39, 0.29) is 18.4 Å². The van der Waals surface area contributed by atoms with Crippen LogP contribution in [0.1, 0.15) is 36.0 Å². The molecule has 1 fully saturated rings.